The van der Waals surface area contributed by atoms with Crippen molar-refractivity contribution in [3.63, 3.8) is 0 Å². The molecule has 1 N–H and O–H groups in total. The van der Waals surface area contributed by atoms with Gasteiger partial charge in [-0.15, -0.1) is 0 Å². The summed E-state index contributed by atoms with van der Waals surface area (Å²) < 4.78 is 38.6. The third kappa shape index (κ3) is 4.12. The van der Waals surface area contributed by atoms with Gasteiger partial charge in [0.05, 0.1) is 11.1 Å². The molecule has 0 fully saturated rings. The van der Waals surface area contributed by atoms with Crippen LogP contribution in [0.1, 0.15) is 35.3 Å². The second kappa shape index (κ2) is 6.44. The van der Waals surface area contributed by atoms with E-state index in [4.69, 9.17) is 0 Å². The minimum atomic E-state index is -4.51. The van der Waals surface area contributed by atoms with Crippen molar-refractivity contribution in [2.45, 2.75) is 26.4 Å². The normalized spacial score (nSPS) is 11.7. The molecule has 0 aromatic heterocycles. The average molecular weight is 322 g/mol. The van der Waals surface area contributed by atoms with Gasteiger partial charge in [0.1, 0.15) is 0 Å². The van der Waals surface area contributed by atoms with E-state index in [0.717, 1.165) is 30.2 Å². The van der Waals surface area contributed by atoms with Crippen molar-refractivity contribution in [2.75, 3.05) is 0 Å². The highest BCUT2D eigenvalue weighted by Gasteiger charge is 2.31. The number of rotatable bonds is 4. The van der Waals surface area contributed by atoms with E-state index in [-0.39, 0.29) is 11.1 Å². The molecule has 0 saturated carbocycles. The third-order valence-electron chi connectivity index (χ3n) is 3.49. The van der Waals surface area contributed by atoms with E-state index in [0.29, 0.717) is 11.5 Å². The zero-order valence-electron chi connectivity index (χ0n) is 12.8. The van der Waals surface area contributed by atoms with Gasteiger partial charge >= 0.3 is 12.1 Å². The predicted molar refractivity (Wildman–Crippen MR) is 82.4 cm³/mol. The Kier molecular flexibility index (Phi) is 4.78. The number of carboxylic acid groups (broad SMARTS) is 1. The Balaban J connectivity index is 2.49. The van der Waals surface area contributed by atoms with Gasteiger partial charge < -0.3 is 5.11 Å². The molecule has 0 atom stereocenters. The van der Waals surface area contributed by atoms with Gasteiger partial charge in [-0.3, -0.25) is 0 Å². The standard InChI is InChI=1S/C18H17F3O2/c1-11(2)9-12-3-5-13(6-4-12)16-10-14(18(19,20)21)7-8-15(16)17(22)23/h3-8,10-11H,9H2,1-2H3,(H,22,23). The molecule has 0 bridgehead atoms. The maximum atomic E-state index is 12.9. The monoisotopic (exact) mass is 322 g/mol. The average Bonchev–Trinajstić information content (AvgIpc) is 2.45. The maximum absolute atomic E-state index is 12.9. The topological polar surface area (TPSA) is 37.3 Å². The quantitative estimate of drug-likeness (QED) is 0.832. The number of hydrogen-bond donors (Lipinski definition) is 1. The third-order valence-corrected chi connectivity index (χ3v) is 3.49. The van der Waals surface area contributed by atoms with Gasteiger partial charge in [-0.25, -0.2) is 4.79 Å². The minimum absolute atomic E-state index is 0.0726. The molecule has 0 aliphatic rings. The summed E-state index contributed by atoms with van der Waals surface area (Å²) in [5.41, 5.74) is 0.593. The molecule has 2 rings (SSSR count). The van der Waals surface area contributed by atoms with Crippen molar-refractivity contribution in [3.05, 3.63) is 59.2 Å². The number of aromatic carboxylic acids is 1. The SMILES string of the molecule is CC(C)Cc1ccc(-c2cc(C(F)(F)F)ccc2C(=O)O)cc1. The van der Waals surface area contributed by atoms with Crippen molar-refractivity contribution >= 4 is 5.97 Å². The summed E-state index contributed by atoms with van der Waals surface area (Å²) in [7, 11) is 0. The molecule has 0 radical (unpaired) electrons. The van der Waals surface area contributed by atoms with Crippen molar-refractivity contribution < 1.29 is 23.1 Å². The highest BCUT2D eigenvalue weighted by atomic mass is 19.4. The fraction of sp³-hybridized carbons (Fsp3) is 0.278. The summed E-state index contributed by atoms with van der Waals surface area (Å²) >= 11 is 0. The summed E-state index contributed by atoms with van der Waals surface area (Å²) in [6.45, 7) is 4.15. The van der Waals surface area contributed by atoms with E-state index < -0.39 is 17.7 Å². The molecule has 0 spiro atoms. The van der Waals surface area contributed by atoms with Gasteiger partial charge in [0, 0.05) is 0 Å². The van der Waals surface area contributed by atoms with Gasteiger partial charge in [-0.1, -0.05) is 38.1 Å². The number of benzene rings is 2. The van der Waals surface area contributed by atoms with Crippen LogP contribution in [0, 0.1) is 5.92 Å². The largest absolute Gasteiger partial charge is 0.478 e. The van der Waals surface area contributed by atoms with Crippen molar-refractivity contribution in [3.8, 4) is 11.1 Å². The molecule has 0 unspecified atom stereocenters. The van der Waals surface area contributed by atoms with Crippen LogP contribution < -0.4 is 0 Å². The van der Waals surface area contributed by atoms with Crippen LogP contribution in [-0.2, 0) is 12.6 Å². The molecular formula is C18H17F3O2. The zero-order valence-corrected chi connectivity index (χ0v) is 12.8. The molecule has 5 heteroatoms. The van der Waals surface area contributed by atoms with Gasteiger partial charge in [0.25, 0.3) is 0 Å². The Labute approximate surface area is 132 Å². The number of halogens is 3. The van der Waals surface area contributed by atoms with E-state index in [1.54, 1.807) is 12.1 Å². The van der Waals surface area contributed by atoms with Crippen molar-refractivity contribution in [1.82, 2.24) is 0 Å². The molecular weight excluding hydrogens is 305 g/mol. The van der Waals surface area contributed by atoms with E-state index in [1.807, 2.05) is 12.1 Å². The molecule has 0 amide bonds. The molecule has 122 valence electrons. The smallest absolute Gasteiger partial charge is 0.416 e. The zero-order chi connectivity index (χ0) is 17.2. The molecule has 0 heterocycles. The Morgan fingerprint density at radius 1 is 1.09 bits per heavy atom. The summed E-state index contributed by atoms with van der Waals surface area (Å²) in [5, 5.41) is 9.21. The maximum Gasteiger partial charge on any atom is 0.416 e. The molecule has 2 aromatic rings. The lowest BCUT2D eigenvalue weighted by molar-refractivity contribution is -0.137. The van der Waals surface area contributed by atoms with Gasteiger partial charge in [-0.2, -0.15) is 13.2 Å². The van der Waals surface area contributed by atoms with Crippen molar-refractivity contribution in [2.24, 2.45) is 5.92 Å². The Morgan fingerprint density at radius 2 is 1.70 bits per heavy atom. The fourth-order valence-corrected chi connectivity index (χ4v) is 2.44. The van der Waals surface area contributed by atoms with Crippen molar-refractivity contribution in [1.29, 1.82) is 0 Å². The second-order valence-corrected chi connectivity index (χ2v) is 5.86. The van der Waals surface area contributed by atoms with E-state index in [1.165, 1.54) is 0 Å². The van der Waals surface area contributed by atoms with Gasteiger partial charge in [0.2, 0.25) is 0 Å². The Bertz CT molecular complexity index is 701. The summed E-state index contributed by atoms with van der Waals surface area (Å²) in [5.74, 6) is -0.788. The lowest BCUT2D eigenvalue weighted by Gasteiger charge is -2.12. The van der Waals surface area contributed by atoms with Crippen LogP contribution in [0.5, 0.6) is 0 Å². The molecule has 2 aromatic carbocycles. The summed E-state index contributed by atoms with van der Waals surface area (Å²) in [6, 6.07) is 9.66. The molecule has 0 aliphatic heterocycles. The van der Waals surface area contributed by atoms with E-state index in [9.17, 15) is 23.1 Å². The molecule has 23 heavy (non-hydrogen) atoms. The van der Waals surface area contributed by atoms with Gasteiger partial charge in [-0.05, 0) is 47.2 Å². The van der Waals surface area contributed by atoms with Crippen LogP contribution in [0.4, 0.5) is 13.2 Å². The minimum Gasteiger partial charge on any atom is -0.478 e. The molecule has 0 saturated heterocycles. The first-order valence-corrected chi connectivity index (χ1v) is 7.22. The van der Waals surface area contributed by atoms with Crippen LogP contribution in [0.2, 0.25) is 0 Å². The van der Waals surface area contributed by atoms with Gasteiger partial charge in [0.15, 0.2) is 0 Å². The summed E-state index contributed by atoms with van der Waals surface area (Å²) in [6.07, 6.45) is -3.65. The lowest BCUT2D eigenvalue weighted by Crippen LogP contribution is -2.07. The highest BCUT2D eigenvalue weighted by Crippen LogP contribution is 2.34. The van der Waals surface area contributed by atoms with Crippen LogP contribution in [0.25, 0.3) is 11.1 Å². The predicted octanol–water partition coefficient (Wildman–Crippen LogP) is 5.27. The van der Waals surface area contributed by atoms with E-state index >= 15 is 0 Å². The summed E-state index contributed by atoms with van der Waals surface area (Å²) in [4.78, 5) is 11.3. The Hall–Kier alpha value is -2.30. The van der Waals surface area contributed by atoms with E-state index in [2.05, 4.69) is 13.8 Å². The second-order valence-electron chi connectivity index (χ2n) is 5.86. The number of alkyl halides is 3. The lowest BCUT2D eigenvalue weighted by atomic mass is 9.95. The molecule has 2 nitrogen and oxygen atoms in total. The highest BCUT2D eigenvalue weighted by molar-refractivity contribution is 5.96. The van der Waals surface area contributed by atoms with Crippen LogP contribution in [0.15, 0.2) is 42.5 Å². The number of hydrogen-bond acceptors (Lipinski definition) is 1. The fourth-order valence-electron chi connectivity index (χ4n) is 2.44. The first-order chi connectivity index (χ1) is 10.7. The van der Waals surface area contributed by atoms with Crippen LogP contribution in [-0.4, -0.2) is 11.1 Å². The van der Waals surface area contributed by atoms with Crippen LogP contribution >= 0.6 is 0 Å². The first-order valence-electron chi connectivity index (χ1n) is 7.22. The van der Waals surface area contributed by atoms with Crippen LogP contribution in [0.3, 0.4) is 0 Å². The first kappa shape index (κ1) is 17.1. The Morgan fingerprint density at radius 3 is 2.17 bits per heavy atom. The number of carboxylic acids is 1. The molecule has 0 aliphatic carbocycles. The number of carbonyl (C=O) groups is 1.